The van der Waals surface area contributed by atoms with Gasteiger partial charge in [-0.05, 0) is 49.2 Å². The van der Waals surface area contributed by atoms with Crippen LogP contribution in [0.1, 0.15) is 25.3 Å². The van der Waals surface area contributed by atoms with Crippen molar-refractivity contribution in [1.29, 1.82) is 0 Å². The standard InChI is InChI=1S/C26H25N3O5/c1-2-33-25(30)9-6-16-34-22-13-10-20(11-14-22)26-27-23-15-12-21(29(31)32)17-24(23)28(26)18-19-7-4-3-5-8-19/h3-5,7-8,10-15,17H,2,6,9,16,18H2,1H3. The number of ether oxygens (including phenoxy) is 2. The lowest BCUT2D eigenvalue weighted by Crippen LogP contribution is -2.06. The smallest absolute Gasteiger partial charge is 0.305 e. The summed E-state index contributed by atoms with van der Waals surface area (Å²) in [6.07, 6.45) is 0.897. The van der Waals surface area contributed by atoms with Crippen molar-refractivity contribution in [2.45, 2.75) is 26.3 Å². The molecule has 34 heavy (non-hydrogen) atoms. The molecule has 0 spiro atoms. The molecule has 0 radical (unpaired) electrons. The first kappa shape index (κ1) is 23.0. The Morgan fingerprint density at radius 1 is 1.06 bits per heavy atom. The number of aromatic nitrogens is 2. The van der Waals surface area contributed by atoms with Gasteiger partial charge >= 0.3 is 5.97 Å². The van der Waals surface area contributed by atoms with E-state index in [1.807, 2.05) is 59.2 Å². The first-order chi connectivity index (χ1) is 16.5. The molecule has 4 aromatic rings. The monoisotopic (exact) mass is 459 g/mol. The molecule has 0 aliphatic heterocycles. The number of imidazole rings is 1. The zero-order chi connectivity index (χ0) is 23.9. The summed E-state index contributed by atoms with van der Waals surface area (Å²) in [5, 5.41) is 11.3. The summed E-state index contributed by atoms with van der Waals surface area (Å²) in [4.78, 5) is 27.1. The van der Waals surface area contributed by atoms with Crippen LogP contribution in [0.5, 0.6) is 5.75 Å². The summed E-state index contributed by atoms with van der Waals surface area (Å²) in [6, 6.07) is 22.2. The van der Waals surface area contributed by atoms with Crippen molar-refractivity contribution >= 4 is 22.7 Å². The first-order valence-corrected chi connectivity index (χ1v) is 11.1. The van der Waals surface area contributed by atoms with Crippen LogP contribution in [0.4, 0.5) is 5.69 Å². The van der Waals surface area contributed by atoms with Crippen molar-refractivity contribution in [3.63, 3.8) is 0 Å². The van der Waals surface area contributed by atoms with Crippen molar-refractivity contribution in [2.24, 2.45) is 0 Å². The molecule has 0 N–H and O–H groups in total. The molecule has 0 unspecified atom stereocenters. The highest BCUT2D eigenvalue weighted by Crippen LogP contribution is 2.29. The maximum Gasteiger partial charge on any atom is 0.305 e. The molecule has 0 bridgehead atoms. The van der Waals surface area contributed by atoms with Crippen LogP contribution in [0.3, 0.4) is 0 Å². The van der Waals surface area contributed by atoms with E-state index in [0.717, 1.165) is 11.1 Å². The molecule has 8 heteroatoms. The molecular formula is C26H25N3O5. The van der Waals surface area contributed by atoms with Gasteiger partial charge in [0.05, 0.1) is 29.2 Å². The molecule has 1 aromatic heterocycles. The van der Waals surface area contributed by atoms with Gasteiger partial charge in [-0.1, -0.05) is 30.3 Å². The quantitative estimate of drug-likeness (QED) is 0.137. The van der Waals surface area contributed by atoms with Gasteiger partial charge in [0.15, 0.2) is 0 Å². The Bertz CT molecular complexity index is 1280. The minimum absolute atomic E-state index is 0.0276. The molecule has 174 valence electrons. The second kappa shape index (κ2) is 10.6. The van der Waals surface area contributed by atoms with E-state index < -0.39 is 4.92 Å². The van der Waals surface area contributed by atoms with Crippen molar-refractivity contribution in [2.75, 3.05) is 13.2 Å². The fourth-order valence-corrected chi connectivity index (χ4v) is 3.71. The number of fused-ring (bicyclic) bond motifs is 1. The highest BCUT2D eigenvalue weighted by Gasteiger charge is 2.16. The average Bonchev–Trinajstić information content (AvgIpc) is 3.20. The molecule has 0 atom stereocenters. The van der Waals surface area contributed by atoms with Gasteiger partial charge < -0.3 is 14.0 Å². The van der Waals surface area contributed by atoms with Crippen LogP contribution in [0, 0.1) is 10.1 Å². The first-order valence-electron chi connectivity index (χ1n) is 11.1. The largest absolute Gasteiger partial charge is 0.494 e. The Morgan fingerprint density at radius 3 is 2.53 bits per heavy atom. The number of nitro groups is 1. The summed E-state index contributed by atoms with van der Waals surface area (Å²) in [6.45, 7) is 3.10. The molecule has 0 saturated heterocycles. The number of non-ortho nitro benzene ring substituents is 1. The van der Waals surface area contributed by atoms with Crippen molar-refractivity contribution in [1.82, 2.24) is 9.55 Å². The van der Waals surface area contributed by atoms with Crippen LogP contribution in [0.25, 0.3) is 22.4 Å². The van der Waals surface area contributed by atoms with Gasteiger partial charge in [0, 0.05) is 30.7 Å². The normalized spacial score (nSPS) is 10.9. The van der Waals surface area contributed by atoms with Gasteiger partial charge in [0.2, 0.25) is 0 Å². The molecule has 0 amide bonds. The van der Waals surface area contributed by atoms with Crippen LogP contribution in [-0.2, 0) is 16.1 Å². The van der Waals surface area contributed by atoms with Crippen molar-refractivity contribution in [3.05, 3.63) is 88.5 Å². The number of hydrogen-bond acceptors (Lipinski definition) is 6. The number of rotatable bonds is 10. The summed E-state index contributed by atoms with van der Waals surface area (Å²) in [5.41, 5.74) is 3.35. The Balaban J connectivity index is 1.58. The highest BCUT2D eigenvalue weighted by molar-refractivity contribution is 5.83. The van der Waals surface area contributed by atoms with E-state index in [1.165, 1.54) is 6.07 Å². The van der Waals surface area contributed by atoms with Gasteiger partial charge in [-0.25, -0.2) is 4.98 Å². The molecule has 3 aromatic carbocycles. The van der Waals surface area contributed by atoms with Gasteiger partial charge in [0.1, 0.15) is 11.6 Å². The Labute approximate surface area is 196 Å². The van der Waals surface area contributed by atoms with Crippen molar-refractivity contribution < 1.29 is 19.2 Å². The Morgan fingerprint density at radius 2 is 1.82 bits per heavy atom. The third kappa shape index (κ3) is 5.40. The van der Waals surface area contributed by atoms with Gasteiger partial charge in [-0.15, -0.1) is 0 Å². The van der Waals surface area contributed by atoms with Gasteiger partial charge in [-0.2, -0.15) is 0 Å². The van der Waals surface area contributed by atoms with E-state index >= 15 is 0 Å². The van der Waals surface area contributed by atoms with E-state index in [1.54, 1.807) is 19.1 Å². The summed E-state index contributed by atoms with van der Waals surface area (Å²) in [5.74, 6) is 1.18. The number of esters is 1. The van der Waals surface area contributed by atoms with Gasteiger partial charge in [-0.3, -0.25) is 14.9 Å². The van der Waals surface area contributed by atoms with Crippen LogP contribution >= 0.6 is 0 Å². The zero-order valence-corrected chi connectivity index (χ0v) is 18.8. The summed E-state index contributed by atoms with van der Waals surface area (Å²) >= 11 is 0. The molecule has 8 nitrogen and oxygen atoms in total. The predicted octanol–water partition coefficient (Wildman–Crippen LogP) is 5.38. The van der Waals surface area contributed by atoms with Gasteiger partial charge in [0.25, 0.3) is 5.69 Å². The van der Waals surface area contributed by atoms with E-state index in [-0.39, 0.29) is 11.7 Å². The minimum atomic E-state index is -0.396. The summed E-state index contributed by atoms with van der Waals surface area (Å²) in [7, 11) is 0. The Kier molecular flexibility index (Phi) is 7.17. The second-order valence-electron chi connectivity index (χ2n) is 7.72. The maximum atomic E-state index is 11.4. The third-order valence-corrected chi connectivity index (χ3v) is 5.34. The van der Waals surface area contributed by atoms with E-state index in [9.17, 15) is 14.9 Å². The zero-order valence-electron chi connectivity index (χ0n) is 18.8. The van der Waals surface area contributed by atoms with Crippen LogP contribution < -0.4 is 4.74 Å². The average molecular weight is 460 g/mol. The molecule has 1 heterocycles. The Hall–Kier alpha value is -4.20. The molecule has 0 aliphatic carbocycles. The lowest BCUT2D eigenvalue weighted by atomic mass is 10.2. The number of nitro benzene ring substituents is 1. The fourth-order valence-electron chi connectivity index (χ4n) is 3.71. The second-order valence-corrected chi connectivity index (χ2v) is 7.72. The van der Waals surface area contributed by atoms with E-state index in [4.69, 9.17) is 14.5 Å². The molecule has 0 saturated carbocycles. The number of nitrogens with zero attached hydrogens (tertiary/aromatic N) is 3. The number of carbonyl (C=O) groups is 1. The van der Waals surface area contributed by atoms with E-state index in [0.29, 0.717) is 55.2 Å². The fraction of sp³-hybridized carbons (Fsp3) is 0.231. The molecule has 0 aliphatic rings. The number of carbonyl (C=O) groups excluding carboxylic acids is 1. The van der Waals surface area contributed by atoms with Crippen LogP contribution in [-0.4, -0.2) is 33.7 Å². The number of hydrogen-bond donors (Lipinski definition) is 0. The topological polar surface area (TPSA) is 96.5 Å². The molecule has 0 fully saturated rings. The van der Waals surface area contributed by atoms with Crippen LogP contribution in [0.15, 0.2) is 72.8 Å². The minimum Gasteiger partial charge on any atom is -0.494 e. The summed E-state index contributed by atoms with van der Waals surface area (Å²) < 4.78 is 12.7. The lowest BCUT2D eigenvalue weighted by molar-refractivity contribution is -0.384. The molecular weight excluding hydrogens is 434 g/mol. The third-order valence-electron chi connectivity index (χ3n) is 5.34. The number of benzene rings is 3. The highest BCUT2D eigenvalue weighted by atomic mass is 16.6. The lowest BCUT2D eigenvalue weighted by Gasteiger charge is -2.11. The SMILES string of the molecule is CCOC(=O)CCCOc1ccc(-c2nc3ccc([N+](=O)[O-])cc3n2Cc2ccccc2)cc1. The maximum absolute atomic E-state index is 11.4. The molecule has 4 rings (SSSR count). The van der Waals surface area contributed by atoms with Crippen LogP contribution in [0.2, 0.25) is 0 Å². The predicted molar refractivity (Wildman–Crippen MR) is 129 cm³/mol. The van der Waals surface area contributed by atoms with Crippen molar-refractivity contribution in [3.8, 4) is 17.1 Å². The van der Waals surface area contributed by atoms with E-state index in [2.05, 4.69) is 0 Å².